The molecule has 0 saturated carbocycles. The molecule has 0 aromatic heterocycles. The quantitative estimate of drug-likeness (QED) is 0.262. The molecule has 206 valence electrons. The fraction of sp³-hybridized carbons (Fsp3) is 0.500. The SMILES string of the molecule is C=CCOC(=O)N1C[C@@H](SC(=O)OC(C)(C)C)C[C@H]1CN(Cc1cccc2ccccc12)C(=O)CC(C)C. The predicted octanol–water partition coefficient (Wildman–Crippen LogP) is 6.65. The lowest BCUT2D eigenvalue weighted by molar-refractivity contribution is -0.133. The highest BCUT2D eigenvalue weighted by Crippen LogP contribution is 2.32. The lowest BCUT2D eigenvalue weighted by Crippen LogP contribution is -2.45. The van der Waals surface area contributed by atoms with Gasteiger partial charge in [0.15, 0.2) is 0 Å². The van der Waals surface area contributed by atoms with Gasteiger partial charge in [-0.1, -0.05) is 69.0 Å². The summed E-state index contributed by atoms with van der Waals surface area (Å²) in [5.41, 5.74) is 0.460. The lowest BCUT2D eigenvalue weighted by Gasteiger charge is -2.31. The second-order valence-electron chi connectivity index (χ2n) is 11.1. The Morgan fingerprint density at radius 3 is 2.55 bits per heavy atom. The zero-order chi connectivity index (χ0) is 27.9. The Balaban J connectivity index is 1.85. The third kappa shape index (κ3) is 8.51. The van der Waals surface area contributed by atoms with Crippen LogP contribution in [0.3, 0.4) is 0 Å². The molecule has 0 radical (unpaired) electrons. The first-order valence-corrected chi connectivity index (χ1v) is 14.0. The maximum absolute atomic E-state index is 13.4. The van der Waals surface area contributed by atoms with Gasteiger partial charge >= 0.3 is 11.4 Å². The van der Waals surface area contributed by atoms with Gasteiger partial charge in [-0.3, -0.25) is 4.79 Å². The lowest BCUT2D eigenvalue weighted by atomic mass is 10.0. The smallest absolute Gasteiger partial charge is 0.410 e. The van der Waals surface area contributed by atoms with E-state index in [0.717, 1.165) is 28.1 Å². The Kier molecular flexibility index (Phi) is 10.3. The molecule has 0 N–H and O–H groups in total. The summed E-state index contributed by atoms with van der Waals surface area (Å²) < 4.78 is 10.9. The Labute approximate surface area is 230 Å². The van der Waals surface area contributed by atoms with Crippen molar-refractivity contribution in [3.63, 3.8) is 0 Å². The molecule has 2 aromatic rings. The molecule has 1 heterocycles. The van der Waals surface area contributed by atoms with Crippen LogP contribution in [0.15, 0.2) is 55.1 Å². The van der Waals surface area contributed by atoms with E-state index in [9.17, 15) is 14.4 Å². The molecule has 0 aliphatic carbocycles. The van der Waals surface area contributed by atoms with Gasteiger partial charge in [0, 0.05) is 31.3 Å². The number of ether oxygens (including phenoxy) is 2. The van der Waals surface area contributed by atoms with Gasteiger partial charge in [-0.05, 0) is 61.2 Å². The molecule has 2 atom stereocenters. The van der Waals surface area contributed by atoms with Crippen molar-refractivity contribution < 1.29 is 23.9 Å². The number of amides is 2. The van der Waals surface area contributed by atoms with E-state index in [4.69, 9.17) is 9.47 Å². The number of carbonyl (C=O) groups excluding carboxylic acids is 3. The molecule has 3 rings (SSSR count). The fourth-order valence-electron chi connectivity index (χ4n) is 4.60. The molecule has 1 aliphatic rings. The minimum absolute atomic E-state index is 0.0376. The molecule has 0 spiro atoms. The van der Waals surface area contributed by atoms with Crippen molar-refractivity contribution in [1.29, 1.82) is 0 Å². The van der Waals surface area contributed by atoms with Crippen LogP contribution in [0.25, 0.3) is 10.8 Å². The van der Waals surface area contributed by atoms with Crippen LogP contribution in [0.5, 0.6) is 0 Å². The van der Waals surface area contributed by atoms with Crippen LogP contribution < -0.4 is 0 Å². The van der Waals surface area contributed by atoms with Gasteiger partial charge in [0.2, 0.25) is 5.91 Å². The number of hydrogen-bond acceptors (Lipinski definition) is 6. The average Bonchev–Trinajstić information content (AvgIpc) is 3.22. The van der Waals surface area contributed by atoms with Crippen molar-refractivity contribution in [2.24, 2.45) is 5.92 Å². The highest BCUT2D eigenvalue weighted by atomic mass is 32.2. The van der Waals surface area contributed by atoms with E-state index < -0.39 is 11.7 Å². The van der Waals surface area contributed by atoms with Crippen LogP contribution in [-0.2, 0) is 20.8 Å². The first-order valence-electron chi connectivity index (χ1n) is 13.1. The number of benzene rings is 2. The van der Waals surface area contributed by atoms with E-state index >= 15 is 0 Å². The molecular weight excluding hydrogens is 500 g/mol. The summed E-state index contributed by atoms with van der Waals surface area (Å²) in [6.07, 6.45) is 2.01. The highest BCUT2D eigenvalue weighted by molar-refractivity contribution is 8.13. The van der Waals surface area contributed by atoms with Gasteiger partial charge in [-0.2, -0.15) is 0 Å². The number of carbonyl (C=O) groups is 3. The van der Waals surface area contributed by atoms with Crippen molar-refractivity contribution in [3.05, 3.63) is 60.7 Å². The van der Waals surface area contributed by atoms with E-state index in [0.29, 0.717) is 32.5 Å². The van der Waals surface area contributed by atoms with Crippen molar-refractivity contribution in [1.82, 2.24) is 9.80 Å². The number of thioether (sulfide) groups is 1. The second kappa shape index (κ2) is 13.2. The minimum atomic E-state index is -0.594. The average molecular weight is 541 g/mol. The van der Waals surface area contributed by atoms with Crippen molar-refractivity contribution in [3.8, 4) is 0 Å². The van der Waals surface area contributed by atoms with E-state index in [1.54, 1.807) is 4.90 Å². The number of nitrogens with zero attached hydrogens (tertiary/aromatic N) is 2. The third-order valence-electron chi connectivity index (χ3n) is 6.20. The molecule has 7 nitrogen and oxygen atoms in total. The molecule has 0 unspecified atom stereocenters. The van der Waals surface area contributed by atoms with Crippen LogP contribution in [0, 0.1) is 5.92 Å². The molecule has 1 saturated heterocycles. The topological polar surface area (TPSA) is 76.2 Å². The zero-order valence-electron chi connectivity index (χ0n) is 23.1. The molecule has 0 bridgehead atoms. The first kappa shape index (κ1) is 29.6. The van der Waals surface area contributed by atoms with Gasteiger partial charge in [-0.25, -0.2) is 9.59 Å². The Hall–Kier alpha value is -3.00. The van der Waals surface area contributed by atoms with Crippen LogP contribution in [0.2, 0.25) is 0 Å². The Morgan fingerprint density at radius 2 is 1.87 bits per heavy atom. The van der Waals surface area contributed by atoms with Crippen molar-refractivity contribution in [2.45, 2.75) is 70.9 Å². The maximum atomic E-state index is 13.4. The molecule has 2 amide bonds. The summed E-state index contributed by atoms with van der Waals surface area (Å²) in [4.78, 5) is 42.4. The number of likely N-dealkylation sites (tertiary alicyclic amines) is 1. The number of rotatable bonds is 9. The molecular formula is C30H40N2O5S. The standard InChI is InChI=1S/C30H40N2O5S/c1-7-15-36-28(34)32-20-25(38-29(35)37-30(4,5)6)17-24(32)19-31(27(33)16-21(2)3)18-23-13-10-12-22-11-8-9-14-26(22)23/h7-14,21,24-25H,1,15-20H2,2-6H3/t24-,25-/m0/s1. The summed E-state index contributed by atoms with van der Waals surface area (Å²) in [6.45, 7) is 14.4. The summed E-state index contributed by atoms with van der Waals surface area (Å²) in [6, 6.07) is 13.9. The monoisotopic (exact) mass is 540 g/mol. The van der Waals surface area contributed by atoms with E-state index in [1.807, 2.05) is 63.8 Å². The molecule has 38 heavy (non-hydrogen) atoms. The number of fused-ring (bicyclic) bond motifs is 1. The summed E-state index contributed by atoms with van der Waals surface area (Å²) in [7, 11) is 0. The van der Waals surface area contributed by atoms with Gasteiger partial charge in [0.1, 0.15) is 12.2 Å². The molecule has 8 heteroatoms. The van der Waals surface area contributed by atoms with Gasteiger partial charge < -0.3 is 19.3 Å². The van der Waals surface area contributed by atoms with E-state index in [1.165, 1.54) is 6.08 Å². The van der Waals surface area contributed by atoms with Gasteiger partial charge in [-0.15, -0.1) is 0 Å². The van der Waals surface area contributed by atoms with Crippen LogP contribution in [-0.4, -0.2) is 63.7 Å². The van der Waals surface area contributed by atoms with Crippen LogP contribution >= 0.6 is 11.8 Å². The molecule has 2 aromatic carbocycles. The Bertz CT molecular complexity index is 1140. The van der Waals surface area contributed by atoms with Crippen LogP contribution in [0.4, 0.5) is 9.59 Å². The highest BCUT2D eigenvalue weighted by Gasteiger charge is 2.40. The summed E-state index contributed by atoms with van der Waals surface area (Å²) in [5, 5.41) is 1.69. The minimum Gasteiger partial charge on any atom is -0.452 e. The normalized spacial score (nSPS) is 17.5. The van der Waals surface area contributed by atoms with Crippen LogP contribution in [0.1, 0.15) is 53.0 Å². The van der Waals surface area contributed by atoms with Crippen molar-refractivity contribution in [2.75, 3.05) is 19.7 Å². The molecule has 1 aliphatic heterocycles. The van der Waals surface area contributed by atoms with Gasteiger partial charge in [0.05, 0.1) is 6.04 Å². The van der Waals surface area contributed by atoms with Crippen molar-refractivity contribution >= 4 is 39.8 Å². The third-order valence-corrected chi connectivity index (χ3v) is 7.15. The number of hydrogen-bond donors (Lipinski definition) is 0. The van der Waals surface area contributed by atoms with E-state index in [-0.39, 0.29) is 35.0 Å². The van der Waals surface area contributed by atoms with Gasteiger partial charge in [0.25, 0.3) is 0 Å². The zero-order valence-corrected chi connectivity index (χ0v) is 24.0. The maximum Gasteiger partial charge on any atom is 0.410 e. The largest absolute Gasteiger partial charge is 0.452 e. The Morgan fingerprint density at radius 1 is 1.16 bits per heavy atom. The fourth-order valence-corrected chi connectivity index (χ4v) is 5.73. The first-order chi connectivity index (χ1) is 18.0. The summed E-state index contributed by atoms with van der Waals surface area (Å²) >= 11 is 1.10. The predicted molar refractivity (Wildman–Crippen MR) is 153 cm³/mol. The second-order valence-corrected chi connectivity index (χ2v) is 12.4. The van der Waals surface area contributed by atoms with E-state index in [2.05, 4.69) is 24.8 Å². The molecule has 1 fully saturated rings. The summed E-state index contributed by atoms with van der Waals surface area (Å²) in [5.74, 6) is 0.237.